The predicted octanol–water partition coefficient (Wildman–Crippen LogP) is 7.51. The van der Waals surface area contributed by atoms with Crippen molar-refractivity contribution in [2.75, 3.05) is 0 Å². The number of esters is 2. The highest BCUT2D eigenvalue weighted by molar-refractivity contribution is 5.92. The zero-order valence-electron chi connectivity index (χ0n) is 21.3. The highest BCUT2D eigenvalue weighted by Gasteiger charge is 2.14. The van der Waals surface area contributed by atoms with E-state index in [2.05, 4.69) is 6.92 Å². The van der Waals surface area contributed by atoms with Crippen LogP contribution in [-0.2, 0) is 0 Å². The standard InChI is InChI=1S/C32H30O4/c1-20-6-8-27(18-22(20)3)31(33)35-29-14-10-25(11-15-29)24(5)26-12-16-30(17-13-26)36-32(34)28-9-7-21(2)23(4)19-28/h6-19,24H,1-5H3. The van der Waals surface area contributed by atoms with E-state index in [0.717, 1.165) is 33.4 Å². The van der Waals surface area contributed by atoms with Gasteiger partial charge in [-0.1, -0.05) is 43.3 Å². The van der Waals surface area contributed by atoms with Crippen molar-refractivity contribution in [2.24, 2.45) is 0 Å². The third-order valence-electron chi connectivity index (χ3n) is 6.67. The summed E-state index contributed by atoms with van der Waals surface area (Å²) in [5, 5.41) is 0. The second-order valence-corrected chi connectivity index (χ2v) is 9.24. The van der Waals surface area contributed by atoms with Crippen molar-refractivity contribution in [3.05, 3.63) is 129 Å². The van der Waals surface area contributed by atoms with Crippen LogP contribution in [0.1, 0.15) is 66.9 Å². The van der Waals surface area contributed by atoms with Gasteiger partial charge < -0.3 is 9.47 Å². The molecule has 4 aromatic carbocycles. The summed E-state index contributed by atoms with van der Waals surface area (Å²) in [6, 6.07) is 26.2. The van der Waals surface area contributed by atoms with Crippen molar-refractivity contribution in [1.82, 2.24) is 0 Å². The lowest BCUT2D eigenvalue weighted by Crippen LogP contribution is -2.09. The first-order valence-electron chi connectivity index (χ1n) is 12.0. The summed E-state index contributed by atoms with van der Waals surface area (Å²) in [7, 11) is 0. The van der Waals surface area contributed by atoms with Gasteiger partial charge in [0.15, 0.2) is 0 Å². The average Bonchev–Trinajstić information content (AvgIpc) is 2.87. The van der Waals surface area contributed by atoms with Gasteiger partial charge >= 0.3 is 11.9 Å². The number of ether oxygens (including phenoxy) is 2. The molecule has 0 atom stereocenters. The molecule has 0 amide bonds. The van der Waals surface area contributed by atoms with Gasteiger partial charge in [-0.05, 0) is 110 Å². The van der Waals surface area contributed by atoms with E-state index in [0.29, 0.717) is 22.6 Å². The van der Waals surface area contributed by atoms with Crippen LogP contribution in [0.4, 0.5) is 0 Å². The Labute approximate surface area is 212 Å². The quantitative estimate of drug-likeness (QED) is 0.213. The molecule has 182 valence electrons. The molecule has 4 heteroatoms. The minimum absolute atomic E-state index is 0.110. The lowest BCUT2D eigenvalue weighted by molar-refractivity contribution is 0.0725. The van der Waals surface area contributed by atoms with Gasteiger partial charge in [-0.2, -0.15) is 0 Å². The van der Waals surface area contributed by atoms with E-state index in [4.69, 9.17) is 9.47 Å². The summed E-state index contributed by atoms with van der Waals surface area (Å²) in [5.74, 6) is 0.374. The molecule has 0 saturated carbocycles. The summed E-state index contributed by atoms with van der Waals surface area (Å²) in [6.07, 6.45) is 0. The summed E-state index contributed by atoms with van der Waals surface area (Å²) >= 11 is 0. The van der Waals surface area contributed by atoms with Crippen molar-refractivity contribution in [2.45, 2.75) is 40.5 Å². The van der Waals surface area contributed by atoms with Gasteiger partial charge in [0.25, 0.3) is 0 Å². The van der Waals surface area contributed by atoms with Gasteiger partial charge in [0.1, 0.15) is 11.5 Å². The molecule has 0 saturated heterocycles. The number of carbonyl (C=O) groups excluding carboxylic acids is 2. The number of rotatable bonds is 6. The van der Waals surface area contributed by atoms with Crippen LogP contribution in [-0.4, -0.2) is 11.9 Å². The first-order chi connectivity index (χ1) is 17.2. The second-order valence-electron chi connectivity index (χ2n) is 9.24. The molecule has 0 aromatic heterocycles. The molecule has 0 radical (unpaired) electrons. The second kappa shape index (κ2) is 10.6. The molecule has 0 heterocycles. The number of carbonyl (C=O) groups is 2. The Morgan fingerprint density at radius 2 is 0.889 bits per heavy atom. The molecule has 0 fully saturated rings. The molecule has 4 nitrogen and oxygen atoms in total. The monoisotopic (exact) mass is 478 g/mol. The first-order valence-corrected chi connectivity index (χ1v) is 12.0. The SMILES string of the molecule is Cc1ccc(C(=O)Oc2ccc(C(C)c3ccc(OC(=O)c4ccc(C)c(C)c4)cc3)cc2)cc1C. The summed E-state index contributed by atoms with van der Waals surface area (Å²) in [5.41, 5.74) is 7.62. The molecule has 0 aliphatic rings. The molecular formula is C32H30O4. The van der Waals surface area contributed by atoms with Gasteiger partial charge in [0.2, 0.25) is 0 Å². The fraction of sp³-hybridized carbons (Fsp3) is 0.188. The van der Waals surface area contributed by atoms with Crippen LogP contribution in [0.15, 0.2) is 84.9 Å². The molecule has 0 unspecified atom stereocenters. The van der Waals surface area contributed by atoms with Gasteiger partial charge in [0.05, 0.1) is 11.1 Å². The molecule has 4 aromatic rings. The van der Waals surface area contributed by atoms with Crippen molar-refractivity contribution < 1.29 is 19.1 Å². The van der Waals surface area contributed by atoms with E-state index < -0.39 is 0 Å². The Morgan fingerprint density at radius 1 is 0.528 bits per heavy atom. The Morgan fingerprint density at radius 3 is 1.22 bits per heavy atom. The van der Waals surface area contributed by atoms with E-state index in [1.165, 1.54) is 0 Å². The zero-order valence-corrected chi connectivity index (χ0v) is 21.3. The molecule has 0 aliphatic carbocycles. The van der Waals surface area contributed by atoms with Crippen LogP contribution in [0.2, 0.25) is 0 Å². The molecular weight excluding hydrogens is 448 g/mol. The summed E-state index contributed by atoms with van der Waals surface area (Å²) in [6.45, 7) is 10.1. The Kier molecular flexibility index (Phi) is 7.35. The lowest BCUT2D eigenvalue weighted by atomic mass is 9.93. The topological polar surface area (TPSA) is 52.6 Å². The molecule has 0 N–H and O–H groups in total. The number of benzene rings is 4. The third-order valence-corrected chi connectivity index (χ3v) is 6.67. The van der Waals surface area contributed by atoms with Gasteiger partial charge in [-0.3, -0.25) is 0 Å². The largest absolute Gasteiger partial charge is 0.423 e. The van der Waals surface area contributed by atoms with E-state index in [1.54, 1.807) is 12.1 Å². The highest BCUT2D eigenvalue weighted by Crippen LogP contribution is 2.28. The Hall–Kier alpha value is -4.18. The fourth-order valence-corrected chi connectivity index (χ4v) is 3.91. The van der Waals surface area contributed by atoms with Crippen LogP contribution in [0.5, 0.6) is 11.5 Å². The summed E-state index contributed by atoms with van der Waals surface area (Å²) in [4.78, 5) is 25.0. The molecule has 0 aliphatic heterocycles. The van der Waals surface area contributed by atoms with Crippen LogP contribution in [0.3, 0.4) is 0 Å². The predicted molar refractivity (Wildman–Crippen MR) is 142 cm³/mol. The van der Waals surface area contributed by atoms with Crippen LogP contribution in [0, 0.1) is 27.7 Å². The van der Waals surface area contributed by atoms with Crippen molar-refractivity contribution in [3.8, 4) is 11.5 Å². The molecule has 0 bridgehead atoms. The number of hydrogen-bond donors (Lipinski definition) is 0. The van der Waals surface area contributed by atoms with Crippen molar-refractivity contribution >= 4 is 11.9 Å². The maximum atomic E-state index is 12.5. The summed E-state index contributed by atoms with van der Waals surface area (Å²) < 4.78 is 11.1. The normalized spacial score (nSPS) is 10.8. The number of aryl methyl sites for hydroxylation is 4. The van der Waals surface area contributed by atoms with E-state index >= 15 is 0 Å². The van der Waals surface area contributed by atoms with Crippen molar-refractivity contribution in [1.29, 1.82) is 0 Å². The van der Waals surface area contributed by atoms with E-state index in [-0.39, 0.29) is 17.9 Å². The van der Waals surface area contributed by atoms with Crippen LogP contribution >= 0.6 is 0 Å². The molecule has 4 rings (SSSR count). The molecule has 36 heavy (non-hydrogen) atoms. The third kappa shape index (κ3) is 5.72. The van der Waals surface area contributed by atoms with Crippen molar-refractivity contribution in [3.63, 3.8) is 0 Å². The van der Waals surface area contributed by atoms with Gasteiger partial charge in [0, 0.05) is 5.92 Å². The van der Waals surface area contributed by atoms with E-state index in [1.807, 2.05) is 100 Å². The minimum Gasteiger partial charge on any atom is -0.423 e. The maximum Gasteiger partial charge on any atom is 0.343 e. The van der Waals surface area contributed by atoms with Crippen LogP contribution in [0.25, 0.3) is 0 Å². The van der Waals surface area contributed by atoms with Gasteiger partial charge in [-0.15, -0.1) is 0 Å². The Bertz CT molecular complexity index is 1290. The maximum absolute atomic E-state index is 12.5. The fourth-order valence-electron chi connectivity index (χ4n) is 3.91. The average molecular weight is 479 g/mol. The number of hydrogen-bond acceptors (Lipinski definition) is 4. The minimum atomic E-state index is -0.371. The van der Waals surface area contributed by atoms with Crippen LogP contribution < -0.4 is 9.47 Å². The molecule has 0 spiro atoms. The van der Waals surface area contributed by atoms with E-state index in [9.17, 15) is 9.59 Å². The zero-order chi connectivity index (χ0) is 25.8. The van der Waals surface area contributed by atoms with Gasteiger partial charge in [-0.25, -0.2) is 9.59 Å². The Balaban J connectivity index is 1.39. The lowest BCUT2D eigenvalue weighted by Gasteiger charge is -2.14. The smallest absolute Gasteiger partial charge is 0.343 e. The first kappa shape index (κ1) is 24.9. The highest BCUT2D eigenvalue weighted by atomic mass is 16.5.